The van der Waals surface area contributed by atoms with Crippen LogP contribution in [0.2, 0.25) is 0 Å². The van der Waals surface area contributed by atoms with Crippen LogP contribution >= 0.6 is 0 Å². The van der Waals surface area contributed by atoms with Gasteiger partial charge in [-0.25, -0.2) is 8.78 Å². The topological polar surface area (TPSA) is 84.3 Å². The van der Waals surface area contributed by atoms with E-state index in [1.807, 2.05) is 0 Å². The van der Waals surface area contributed by atoms with E-state index >= 15 is 0 Å². The van der Waals surface area contributed by atoms with Crippen molar-refractivity contribution in [3.63, 3.8) is 0 Å². The third-order valence-electron chi connectivity index (χ3n) is 2.17. The average Bonchev–Trinajstić information content (AvgIpc) is 2.29. The predicted octanol–water partition coefficient (Wildman–Crippen LogP) is 1.81. The van der Waals surface area contributed by atoms with Crippen LogP contribution in [0.5, 0.6) is 0 Å². The number of carbonyl (C=O) groups excluding carboxylic acids is 1. The highest BCUT2D eigenvalue weighted by molar-refractivity contribution is 5.94. The molecule has 0 radical (unpaired) electrons. The van der Waals surface area contributed by atoms with Crippen molar-refractivity contribution in [3.05, 3.63) is 33.9 Å². The third kappa shape index (κ3) is 4.25. The standard InChI is InChI=1S/C11H13F2N3O3/c1-6(2)14-5-10(17)15-11-8(13)3-7(12)4-9(11)16(18)19/h3-4,6,14H,5H2,1-2H3,(H,15,17). The van der Waals surface area contributed by atoms with Crippen molar-refractivity contribution in [3.8, 4) is 0 Å². The van der Waals surface area contributed by atoms with Gasteiger partial charge in [0.2, 0.25) is 5.91 Å². The Kier molecular flexibility index (Phi) is 4.87. The molecule has 0 saturated carbocycles. The quantitative estimate of drug-likeness (QED) is 0.633. The zero-order valence-corrected chi connectivity index (χ0v) is 10.4. The minimum absolute atomic E-state index is 0.0267. The number of hydrogen-bond acceptors (Lipinski definition) is 4. The van der Waals surface area contributed by atoms with Crippen LogP contribution in [0.25, 0.3) is 0 Å². The van der Waals surface area contributed by atoms with E-state index in [-0.39, 0.29) is 12.6 Å². The van der Waals surface area contributed by atoms with Crippen LogP contribution < -0.4 is 10.6 Å². The molecule has 0 bridgehead atoms. The van der Waals surface area contributed by atoms with Crippen molar-refractivity contribution >= 4 is 17.3 Å². The lowest BCUT2D eigenvalue weighted by Crippen LogP contribution is -2.33. The summed E-state index contributed by atoms with van der Waals surface area (Å²) in [6.07, 6.45) is 0. The summed E-state index contributed by atoms with van der Waals surface area (Å²) in [7, 11) is 0. The number of carbonyl (C=O) groups is 1. The monoisotopic (exact) mass is 273 g/mol. The van der Waals surface area contributed by atoms with E-state index in [0.29, 0.717) is 12.1 Å². The normalized spacial score (nSPS) is 10.6. The molecule has 1 amide bonds. The first-order valence-electron chi connectivity index (χ1n) is 5.48. The SMILES string of the molecule is CC(C)NCC(=O)Nc1c(F)cc(F)cc1[N+](=O)[O-]. The summed E-state index contributed by atoms with van der Waals surface area (Å²) in [5.74, 6) is -2.92. The van der Waals surface area contributed by atoms with Gasteiger partial charge in [0.15, 0.2) is 11.5 Å². The third-order valence-corrected chi connectivity index (χ3v) is 2.17. The summed E-state index contributed by atoms with van der Waals surface area (Å²) in [4.78, 5) is 21.2. The van der Waals surface area contributed by atoms with Gasteiger partial charge < -0.3 is 10.6 Å². The van der Waals surface area contributed by atoms with Gasteiger partial charge in [0.25, 0.3) is 5.69 Å². The van der Waals surface area contributed by atoms with Gasteiger partial charge in [-0.15, -0.1) is 0 Å². The van der Waals surface area contributed by atoms with Gasteiger partial charge >= 0.3 is 0 Å². The van der Waals surface area contributed by atoms with E-state index in [0.717, 1.165) is 0 Å². The van der Waals surface area contributed by atoms with E-state index in [1.54, 1.807) is 13.8 Å². The largest absolute Gasteiger partial charge is 0.317 e. The Morgan fingerprint density at radius 1 is 1.42 bits per heavy atom. The van der Waals surface area contributed by atoms with Crippen LogP contribution in [0, 0.1) is 21.7 Å². The lowest BCUT2D eigenvalue weighted by molar-refractivity contribution is -0.384. The molecule has 19 heavy (non-hydrogen) atoms. The number of nitro benzene ring substituents is 1. The Bertz CT molecular complexity index is 506. The number of rotatable bonds is 5. The van der Waals surface area contributed by atoms with E-state index in [4.69, 9.17) is 0 Å². The maximum atomic E-state index is 13.5. The lowest BCUT2D eigenvalue weighted by Gasteiger charge is -2.10. The molecule has 0 aliphatic rings. The second-order valence-electron chi connectivity index (χ2n) is 4.12. The number of hydrogen-bond donors (Lipinski definition) is 2. The summed E-state index contributed by atoms with van der Waals surface area (Å²) < 4.78 is 26.3. The number of nitro groups is 1. The number of halogens is 2. The molecule has 1 aromatic rings. The summed E-state index contributed by atoms with van der Waals surface area (Å²) in [6, 6.07) is 1.05. The molecule has 0 spiro atoms. The van der Waals surface area contributed by atoms with Crippen LogP contribution in [-0.4, -0.2) is 23.4 Å². The molecule has 0 aliphatic heterocycles. The Balaban J connectivity index is 2.94. The number of nitrogens with one attached hydrogen (secondary N) is 2. The number of nitrogens with zero attached hydrogens (tertiary/aromatic N) is 1. The summed E-state index contributed by atoms with van der Waals surface area (Å²) in [5.41, 5.74) is -1.46. The fourth-order valence-corrected chi connectivity index (χ4v) is 1.31. The predicted molar refractivity (Wildman–Crippen MR) is 64.8 cm³/mol. The van der Waals surface area contributed by atoms with Crippen molar-refractivity contribution in [2.75, 3.05) is 11.9 Å². The highest BCUT2D eigenvalue weighted by Crippen LogP contribution is 2.28. The Morgan fingerprint density at radius 3 is 2.58 bits per heavy atom. The second kappa shape index (κ2) is 6.19. The Labute approximate surface area is 108 Å². The molecule has 0 atom stereocenters. The Hall–Kier alpha value is -2.09. The Morgan fingerprint density at radius 2 is 2.05 bits per heavy atom. The van der Waals surface area contributed by atoms with Crippen LogP contribution in [0.3, 0.4) is 0 Å². The number of amides is 1. The van der Waals surface area contributed by atoms with Gasteiger partial charge in [-0.3, -0.25) is 14.9 Å². The maximum absolute atomic E-state index is 13.5. The zero-order chi connectivity index (χ0) is 14.6. The molecule has 1 aromatic carbocycles. The number of anilines is 1. The molecule has 0 fully saturated rings. The lowest BCUT2D eigenvalue weighted by atomic mass is 10.2. The van der Waals surface area contributed by atoms with Crippen molar-refractivity contribution in [1.82, 2.24) is 5.32 Å². The molecule has 0 heterocycles. The minimum atomic E-state index is -1.19. The first-order chi connectivity index (χ1) is 8.81. The van der Waals surface area contributed by atoms with Crippen molar-refractivity contribution < 1.29 is 18.5 Å². The molecule has 0 saturated heterocycles. The van der Waals surface area contributed by atoms with E-state index in [2.05, 4.69) is 10.6 Å². The molecule has 1 rings (SSSR count). The highest BCUT2D eigenvalue weighted by atomic mass is 19.1. The van der Waals surface area contributed by atoms with Gasteiger partial charge in [0.1, 0.15) is 5.82 Å². The first kappa shape index (κ1) is 15.0. The second-order valence-corrected chi connectivity index (χ2v) is 4.12. The van der Waals surface area contributed by atoms with Crippen molar-refractivity contribution in [2.24, 2.45) is 0 Å². The van der Waals surface area contributed by atoms with Crippen LogP contribution in [0.15, 0.2) is 12.1 Å². The molecule has 0 aliphatic carbocycles. The molecule has 8 heteroatoms. The highest BCUT2D eigenvalue weighted by Gasteiger charge is 2.22. The van der Waals surface area contributed by atoms with Gasteiger partial charge in [0.05, 0.1) is 17.5 Å². The number of benzene rings is 1. The van der Waals surface area contributed by atoms with Gasteiger partial charge in [0, 0.05) is 12.1 Å². The molecule has 2 N–H and O–H groups in total. The first-order valence-corrected chi connectivity index (χ1v) is 5.48. The fourth-order valence-electron chi connectivity index (χ4n) is 1.31. The minimum Gasteiger partial charge on any atom is -0.317 e. The zero-order valence-electron chi connectivity index (χ0n) is 10.4. The molecule has 0 aromatic heterocycles. The molecule has 6 nitrogen and oxygen atoms in total. The van der Waals surface area contributed by atoms with Crippen LogP contribution in [0.1, 0.15) is 13.8 Å². The van der Waals surface area contributed by atoms with E-state index in [9.17, 15) is 23.7 Å². The fraction of sp³-hybridized carbons (Fsp3) is 0.364. The smallest absolute Gasteiger partial charge is 0.298 e. The van der Waals surface area contributed by atoms with Crippen molar-refractivity contribution in [1.29, 1.82) is 0 Å². The van der Waals surface area contributed by atoms with E-state index in [1.165, 1.54) is 0 Å². The van der Waals surface area contributed by atoms with E-state index < -0.39 is 33.8 Å². The summed E-state index contributed by atoms with van der Waals surface area (Å²) in [6.45, 7) is 3.47. The summed E-state index contributed by atoms with van der Waals surface area (Å²) in [5, 5.41) is 15.5. The van der Waals surface area contributed by atoms with Gasteiger partial charge in [-0.1, -0.05) is 13.8 Å². The molecule has 0 unspecified atom stereocenters. The maximum Gasteiger partial charge on any atom is 0.298 e. The summed E-state index contributed by atoms with van der Waals surface area (Å²) >= 11 is 0. The molecular formula is C11H13F2N3O3. The van der Waals surface area contributed by atoms with Gasteiger partial charge in [-0.2, -0.15) is 0 Å². The van der Waals surface area contributed by atoms with Crippen molar-refractivity contribution in [2.45, 2.75) is 19.9 Å². The molecular weight excluding hydrogens is 260 g/mol. The van der Waals surface area contributed by atoms with Gasteiger partial charge in [-0.05, 0) is 0 Å². The van der Waals surface area contributed by atoms with Crippen LogP contribution in [0.4, 0.5) is 20.2 Å². The average molecular weight is 273 g/mol. The molecule has 104 valence electrons. The van der Waals surface area contributed by atoms with Crippen LogP contribution in [-0.2, 0) is 4.79 Å².